The van der Waals surface area contributed by atoms with E-state index in [1.54, 1.807) is 6.07 Å². The number of nitrogens with zero attached hydrogens (tertiary/aromatic N) is 3. The van der Waals surface area contributed by atoms with E-state index in [9.17, 15) is 20.3 Å². The van der Waals surface area contributed by atoms with Crippen molar-refractivity contribution in [1.82, 2.24) is 9.55 Å². The van der Waals surface area contributed by atoms with Gasteiger partial charge in [-0.05, 0) is 22.5 Å². The predicted octanol–water partition coefficient (Wildman–Crippen LogP) is 2.42. The summed E-state index contributed by atoms with van der Waals surface area (Å²) in [5, 5.41) is 31.8. The van der Waals surface area contributed by atoms with Gasteiger partial charge in [-0.3, -0.25) is 0 Å². The van der Waals surface area contributed by atoms with Crippen LogP contribution in [-0.4, -0.2) is 31.8 Å². The number of aromatic nitrogens is 2. The molecule has 0 fully saturated rings. The molecule has 1 heterocycles. The predicted molar refractivity (Wildman–Crippen MR) is 87.3 cm³/mol. The normalized spacial score (nSPS) is 12.9. The zero-order chi connectivity index (χ0) is 18.2. The Morgan fingerprint density at radius 3 is 2.46 bits per heavy atom. The van der Waals surface area contributed by atoms with Crippen molar-refractivity contribution in [3.05, 3.63) is 45.4 Å². The minimum absolute atomic E-state index is 0.0149. The number of phenolic OH excluding ortho intramolecular Hbond substituents is 1. The molecule has 1 aromatic carbocycles. The van der Waals surface area contributed by atoms with Gasteiger partial charge in [0, 0.05) is 11.1 Å². The van der Waals surface area contributed by atoms with E-state index in [1.165, 1.54) is 24.8 Å². The lowest BCUT2D eigenvalue weighted by Crippen LogP contribution is -2.14. The monoisotopic (exact) mass is 335 g/mol. The van der Waals surface area contributed by atoms with E-state index >= 15 is 0 Å². The largest absolute Gasteiger partial charge is 0.508 e. The molecule has 2 N–H and O–H groups in total. The minimum atomic E-state index is -1.28. The highest BCUT2D eigenvalue weighted by molar-refractivity contribution is 5.50. The molecule has 0 saturated carbocycles. The number of aliphatic hydroxyl groups excluding tert-OH is 1. The second-order valence-electron chi connectivity index (χ2n) is 6.55. The summed E-state index contributed by atoms with van der Waals surface area (Å²) in [4.78, 5) is 14.3. The smallest absolute Gasteiger partial charge is 0.342 e. The van der Waals surface area contributed by atoms with Crippen LogP contribution in [0.15, 0.2) is 18.3 Å². The van der Waals surface area contributed by atoms with Gasteiger partial charge in [-0.25, -0.2) is 9.55 Å². The molecule has 2 rings (SSSR count). The van der Waals surface area contributed by atoms with Gasteiger partial charge in [0.1, 0.15) is 17.7 Å². The van der Waals surface area contributed by atoms with Gasteiger partial charge in [-0.2, -0.15) is 0 Å². The quantitative estimate of drug-likeness (QED) is 0.656. The number of methoxy groups -OCH3 is 1. The molecule has 2 aromatic rings. The Balaban J connectivity index is 2.56. The van der Waals surface area contributed by atoms with E-state index in [-0.39, 0.29) is 28.4 Å². The van der Waals surface area contributed by atoms with Gasteiger partial charge >= 0.3 is 5.82 Å². The van der Waals surface area contributed by atoms with Gasteiger partial charge in [0.2, 0.25) is 5.82 Å². The Morgan fingerprint density at radius 1 is 1.38 bits per heavy atom. The van der Waals surface area contributed by atoms with Crippen molar-refractivity contribution in [1.29, 1.82) is 0 Å². The number of aromatic hydroxyl groups is 1. The van der Waals surface area contributed by atoms with Crippen molar-refractivity contribution >= 4 is 5.82 Å². The van der Waals surface area contributed by atoms with Crippen LogP contribution in [0.1, 0.15) is 43.8 Å². The average molecular weight is 335 g/mol. The number of benzene rings is 1. The van der Waals surface area contributed by atoms with Crippen molar-refractivity contribution in [2.75, 3.05) is 7.11 Å². The Labute approximate surface area is 139 Å². The SMILES string of the molecule is COc1cc(C(C)(C)C)c(O)cc1C(O)c1ncc([N+](=O)[O-])n1C. The molecule has 130 valence electrons. The van der Waals surface area contributed by atoms with Crippen LogP contribution in [0.5, 0.6) is 11.5 Å². The molecule has 0 amide bonds. The molecule has 1 atom stereocenters. The number of phenols is 1. The number of nitro groups is 1. The molecule has 8 heteroatoms. The molecule has 1 aromatic heterocycles. The van der Waals surface area contributed by atoms with Crippen molar-refractivity contribution in [3.8, 4) is 11.5 Å². The highest BCUT2D eigenvalue weighted by atomic mass is 16.6. The van der Waals surface area contributed by atoms with Crippen LogP contribution in [0.4, 0.5) is 5.82 Å². The van der Waals surface area contributed by atoms with Gasteiger partial charge in [-0.15, -0.1) is 0 Å². The van der Waals surface area contributed by atoms with Crippen LogP contribution in [-0.2, 0) is 12.5 Å². The first-order valence-corrected chi connectivity index (χ1v) is 7.33. The molecule has 24 heavy (non-hydrogen) atoms. The lowest BCUT2D eigenvalue weighted by Gasteiger charge is -2.23. The molecule has 8 nitrogen and oxygen atoms in total. The van der Waals surface area contributed by atoms with Crippen LogP contribution >= 0.6 is 0 Å². The van der Waals surface area contributed by atoms with E-state index in [4.69, 9.17) is 4.74 Å². The average Bonchev–Trinajstić information content (AvgIpc) is 2.86. The highest BCUT2D eigenvalue weighted by Gasteiger charge is 2.29. The van der Waals surface area contributed by atoms with Gasteiger partial charge in [0.15, 0.2) is 6.10 Å². The molecule has 0 aliphatic rings. The number of hydrogen-bond donors (Lipinski definition) is 2. The van der Waals surface area contributed by atoms with Gasteiger partial charge < -0.3 is 25.1 Å². The number of ether oxygens (including phenoxy) is 1. The second kappa shape index (κ2) is 6.12. The third-order valence-corrected chi connectivity index (χ3v) is 3.88. The lowest BCUT2D eigenvalue weighted by atomic mass is 9.85. The number of aliphatic hydroxyl groups is 1. The van der Waals surface area contributed by atoms with Crippen molar-refractivity contribution in [2.45, 2.75) is 32.3 Å². The zero-order valence-electron chi connectivity index (χ0n) is 14.3. The molecule has 0 aliphatic carbocycles. The number of rotatable bonds is 4. The van der Waals surface area contributed by atoms with Crippen LogP contribution in [0, 0.1) is 10.1 Å². The second-order valence-corrected chi connectivity index (χ2v) is 6.55. The Kier molecular flexibility index (Phi) is 4.52. The Bertz CT molecular complexity index is 777. The maximum atomic E-state index is 10.9. The topological polar surface area (TPSA) is 111 Å². The molecule has 0 spiro atoms. The van der Waals surface area contributed by atoms with Gasteiger partial charge in [-0.1, -0.05) is 20.8 Å². The summed E-state index contributed by atoms with van der Waals surface area (Å²) in [6, 6.07) is 3.07. The van der Waals surface area contributed by atoms with Gasteiger partial charge in [0.25, 0.3) is 0 Å². The summed E-state index contributed by atoms with van der Waals surface area (Å²) in [7, 11) is 2.90. The zero-order valence-corrected chi connectivity index (χ0v) is 14.3. The van der Waals surface area contributed by atoms with E-state index in [2.05, 4.69) is 4.98 Å². The maximum absolute atomic E-state index is 10.9. The van der Waals surface area contributed by atoms with E-state index in [0.29, 0.717) is 11.3 Å². The third kappa shape index (κ3) is 3.05. The fourth-order valence-electron chi connectivity index (χ4n) is 2.55. The Morgan fingerprint density at radius 2 is 2.00 bits per heavy atom. The first-order chi connectivity index (χ1) is 11.1. The molecule has 0 radical (unpaired) electrons. The van der Waals surface area contributed by atoms with Gasteiger partial charge in [0.05, 0.1) is 14.2 Å². The maximum Gasteiger partial charge on any atom is 0.342 e. The number of hydrogen-bond acceptors (Lipinski definition) is 6. The fraction of sp³-hybridized carbons (Fsp3) is 0.438. The summed E-state index contributed by atoms with van der Waals surface area (Å²) >= 11 is 0. The Hall–Kier alpha value is -2.61. The van der Waals surface area contributed by atoms with Crippen molar-refractivity contribution < 1.29 is 19.9 Å². The van der Waals surface area contributed by atoms with E-state index in [0.717, 1.165) is 6.20 Å². The molecule has 1 unspecified atom stereocenters. The van der Waals surface area contributed by atoms with Crippen LogP contribution in [0.3, 0.4) is 0 Å². The molecular formula is C16H21N3O5. The summed E-state index contributed by atoms with van der Waals surface area (Å²) in [5.74, 6) is 0.235. The summed E-state index contributed by atoms with van der Waals surface area (Å²) in [5.41, 5.74) is 0.635. The van der Waals surface area contributed by atoms with Crippen LogP contribution in [0.25, 0.3) is 0 Å². The highest BCUT2D eigenvalue weighted by Crippen LogP contribution is 2.39. The molecule has 0 aliphatic heterocycles. The summed E-state index contributed by atoms with van der Waals surface area (Å²) in [6.45, 7) is 5.83. The number of imidazole rings is 1. The third-order valence-electron chi connectivity index (χ3n) is 3.88. The van der Waals surface area contributed by atoms with E-state index < -0.39 is 11.0 Å². The lowest BCUT2D eigenvalue weighted by molar-refractivity contribution is -0.391. The molecule has 0 saturated heterocycles. The van der Waals surface area contributed by atoms with Crippen LogP contribution < -0.4 is 4.74 Å². The van der Waals surface area contributed by atoms with Crippen molar-refractivity contribution in [3.63, 3.8) is 0 Å². The van der Waals surface area contributed by atoms with Crippen LogP contribution in [0.2, 0.25) is 0 Å². The molecule has 0 bridgehead atoms. The summed E-state index contributed by atoms with van der Waals surface area (Å²) < 4.78 is 6.52. The summed E-state index contributed by atoms with van der Waals surface area (Å²) in [6.07, 6.45) is -0.201. The standard InChI is InChI=1S/C16H21N3O5/c1-16(2,3)10-7-12(24-5)9(6-11(10)20)14(21)15-17-8-13(18(15)4)19(22)23/h6-8,14,20-21H,1-5H3. The van der Waals surface area contributed by atoms with E-state index in [1.807, 2.05) is 20.8 Å². The first kappa shape index (κ1) is 17.7. The first-order valence-electron chi connectivity index (χ1n) is 7.33. The molecular weight excluding hydrogens is 314 g/mol. The fourth-order valence-corrected chi connectivity index (χ4v) is 2.55. The van der Waals surface area contributed by atoms with Crippen molar-refractivity contribution in [2.24, 2.45) is 7.05 Å². The minimum Gasteiger partial charge on any atom is -0.508 e.